The molecule has 0 radical (unpaired) electrons. The number of anilines is 1. The van der Waals surface area contributed by atoms with Crippen molar-refractivity contribution >= 4 is 17.5 Å². The number of aliphatic hydroxyl groups is 1. The minimum atomic E-state index is -4.87. The molecule has 4 rings (SSSR count). The summed E-state index contributed by atoms with van der Waals surface area (Å²) < 4.78 is 45.4. The molecule has 142 valence electrons. The third-order valence-electron chi connectivity index (χ3n) is 5.84. The van der Waals surface area contributed by atoms with Crippen molar-refractivity contribution < 1.29 is 32.6 Å². The summed E-state index contributed by atoms with van der Waals surface area (Å²) in [5.74, 6) is -3.33. The molecule has 3 fully saturated rings. The van der Waals surface area contributed by atoms with Crippen LogP contribution >= 0.6 is 0 Å². The summed E-state index contributed by atoms with van der Waals surface area (Å²) >= 11 is 0. The lowest BCUT2D eigenvalue weighted by atomic mass is 9.67. The van der Waals surface area contributed by atoms with Gasteiger partial charge in [0.05, 0.1) is 41.0 Å². The van der Waals surface area contributed by atoms with E-state index in [0.717, 1.165) is 6.20 Å². The van der Waals surface area contributed by atoms with Crippen LogP contribution in [-0.2, 0) is 20.5 Å². The number of pyridine rings is 1. The minimum Gasteiger partial charge on any atom is -0.390 e. The molecule has 0 spiro atoms. The van der Waals surface area contributed by atoms with Crippen molar-refractivity contribution in [2.45, 2.75) is 43.8 Å². The van der Waals surface area contributed by atoms with Gasteiger partial charge in [0.1, 0.15) is 11.7 Å². The molecule has 2 amide bonds. The molecule has 27 heavy (non-hydrogen) atoms. The number of aromatic nitrogens is 1. The van der Waals surface area contributed by atoms with E-state index in [4.69, 9.17) is 10.00 Å². The second kappa shape index (κ2) is 5.05. The van der Waals surface area contributed by atoms with E-state index in [-0.39, 0.29) is 12.1 Å². The van der Waals surface area contributed by atoms with Crippen LogP contribution in [0, 0.1) is 23.2 Å². The first-order valence-electron chi connectivity index (χ1n) is 8.17. The highest BCUT2D eigenvalue weighted by Crippen LogP contribution is 2.61. The first kappa shape index (κ1) is 17.9. The van der Waals surface area contributed by atoms with E-state index in [9.17, 15) is 27.9 Å². The van der Waals surface area contributed by atoms with Gasteiger partial charge >= 0.3 is 6.18 Å². The lowest BCUT2D eigenvalue weighted by Crippen LogP contribution is -2.49. The third-order valence-corrected chi connectivity index (χ3v) is 5.84. The Labute approximate surface area is 151 Å². The van der Waals surface area contributed by atoms with Gasteiger partial charge in [0.25, 0.3) is 0 Å². The maximum Gasteiger partial charge on any atom is 0.419 e. The Bertz CT molecular complexity index is 927. The molecule has 5 atom stereocenters. The van der Waals surface area contributed by atoms with Crippen LogP contribution in [0.15, 0.2) is 12.3 Å². The second-order valence-electron chi connectivity index (χ2n) is 7.48. The van der Waals surface area contributed by atoms with Crippen molar-refractivity contribution in [3.63, 3.8) is 0 Å². The monoisotopic (exact) mass is 381 g/mol. The highest BCUT2D eigenvalue weighted by atomic mass is 19.4. The molecule has 3 aliphatic heterocycles. The molecule has 0 unspecified atom stereocenters. The highest BCUT2D eigenvalue weighted by Gasteiger charge is 2.75. The molecule has 1 aromatic rings. The van der Waals surface area contributed by atoms with Crippen molar-refractivity contribution in [1.29, 1.82) is 5.26 Å². The fourth-order valence-electron chi connectivity index (χ4n) is 4.66. The highest BCUT2D eigenvalue weighted by molar-refractivity contribution is 6.23. The van der Waals surface area contributed by atoms with Crippen molar-refractivity contribution in [3.05, 3.63) is 23.5 Å². The lowest BCUT2D eigenvalue weighted by molar-refractivity contribution is -0.138. The van der Waals surface area contributed by atoms with Gasteiger partial charge in [-0.05, 0) is 19.9 Å². The summed E-state index contributed by atoms with van der Waals surface area (Å²) in [5, 5.41) is 19.1. The summed E-state index contributed by atoms with van der Waals surface area (Å²) in [6, 6.07) is 1.93. The Kier molecular flexibility index (Phi) is 3.35. The lowest BCUT2D eigenvalue weighted by Gasteiger charge is -2.31. The molecular formula is C17H14F3N3O4. The maximum atomic E-state index is 13.2. The first-order chi connectivity index (χ1) is 12.4. The second-order valence-corrected chi connectivity index (χ2v) is 7.48. The Morgan fingerprint density at radius 3 is 2.56 bits per heavy atom. The predicted molar refractivity (Wildman–Crippen MR) is 81.9 cm³/mol. The van der Waals surface area contributed by atoms with Gasteiger partial charge in [-0.1, -0.05) is 0 Å². The molecule has 4 heterocycles. The smallest absolute Gasteiger partial charge is 0.390 e. The summed E-state index contributed by atoms with van der Waals surface area (Å²) in [7, 11) is 0. The Morgan fingerprint density at radius 1 is 1.33 bits per heavy atom. The van der Waals surface area contributed by atoms with Crippen LogP contribution in [0.25, 0.3) is 0 Å². The Morgan fingerprint density at radius 2 is 1.96 bits per heavy atom. The van der Waals surface area contributed by atoms with E-state index in [2.05, 4.69) is 4.98 Å². The summed E-state index contributed by atoms with van der Waals surface area (Å²) in [6.07, 6.45) is -4.79. The van der Waals surface area contributed by atoms with Crippen LogP contribution in [0.2, 0.25) is 0 Å². The largest absolute Gasteiger partial charge is 0.419 e. The zero-order chi connectivity index (χ0) is 19.9. The van der Waals surface area contributed by atoms with Gasteiger partial charge in [-0.2, -0.15) is 18.4 Å². The van der Waals surface area contributed by atoms with Gasteiger partial charge < -0.3 is 9.84 Å². The number of alkyl halides is 3. The van der Waals surface area contributed by atoms with Crippen LogP contribution in [-0.4, -0.2) is 39.2 Å². The van der Waals surface area contributed by atoms with Gasteiger partial charge in [0, 0.05) is 6.42 Å². The molecule has 0 aliphatic carbocycles. The number of hydrogen-bond donors (Lipinski definition) is 1. The number of carbonyl (C=O) groups excluding carboxylic acids is 2. The Balaban J connectivity index is 1.81. The van der Waals surface area contributed by atoms with E-state index in [1.54, 1.807) is 6.92 Å². The molecule has 1 N–H and O–H groups in total. The third kappa shape index (κ3) is 2.12. The number of nitrogens with zero attached hydrogens (tertiary/aromatic N) is 3. The molecule has 7 nitrogen and oxygen atoms in total. The van der Waals surface area contributed by atoms with Crippen molar-refractivity contribution in [2.75, 3.05) is 4.90 Å². The molecule has 0 saturated carbocycles. The number of fused-ring (bicyclic) bond motifs is 5. The normalized spacial score (nSPS) is 37.7. The molecule has 2 bridgehead atoms. The topological polar surface area (TPSA) is 104 Å². The van der Waals surface area contributed by atoms with Crippen molar-refractivity contribution in [3.8, 4) is 6.07 Å². The quantitative estimate of drug-likeness (QED) is 0.738. The maximum absolute atomic E-state index is 13.2. The van der Waals surface area contributed by atoms with E-state index in [1.807, 2.05) is 0 Å². The fourth-order valence-corrected chi connectivity index (χ4v) is 4.66. The minimum absolute atomic E-state index is 0.150. The molecule has 3 aliphatic rings. The molecule has 0 aromatic carbocycles. The fraction of sp³-hybridized carbons (Fsp3) is 0.529. The van der Waals surface area contributed by atoms with Gasteiger partial charge in [0.15, 0.2) is 5.69 Å². The number of aliphatic hydroxyl groups excluding tert-OH is 1. The average molecular weight is 381 g/mol. The number of ether oxygens (including phenoxy) is 1. The van der Waals surface area contributed by atoms with E-state index in [0.29, 0.717) is 11.0 Å². The van der Waals surface area contributed by atoms with Crippen molar-refractivity contribution in [1.82, 2.24) is 4.98 Å². The number of hydrogen-bond acceptors (Lipinski definition) is 6. The van der Waals surface area contributed by atoms with Crippen molar-refractivity contribution in [2.24, 2.45) is 11.8 Å². The SMILES string of the molecule is C[C@@]12O[C@@](C)(C[C@H]1O)[C@@H]1C(=O)N(c3cnc(C#N)c(C(F)(F)F)c3)C(=O)[C@H]12. The number of amides is 2. The van der Waals surface area contributed by atoms with Gasteiger partial charge in [0.2, 0.25) is 11.8 Å². The van der Waals surface area contributed by atoms with Gasteiger partial charge in [-0.3, -0.25) is 9.59 Å². The zero-order valence-electron chi connectivity index (χ0n) is 14.2. The number of rotatable bonds is 1. The summed E-state index contributed by atoms with van der Waals surface area (Å²) in [5.41, 5.74) is -4.88. The molecule has 1 aromatic heterocycles. The standard InChI is InChI=1S/C17H14F3N3O4/c1-15-4-10(24)16(2,27-15)12-11(15)13(25)23(14(12)26)7-3-8(17(18,19)20)9(5-21)22-6-7/h3,6,10-12,24H,4H2,1-2H3/t10-,11+,12+,15+,16-/m1/s1. The first-order valence-corrected chi connectivity index (χ1v) is 8.17. The average Bonchev–Trinajstić information content (AvgIpc) is 3.07. The molecule has 3 saturated heterocycles. The summed E-state index contributed by atoms with van der Waals surface area (Å²) in [4.78, 5) is 30.0. The van der Waals surface area contributed by atoms with E-state index >= 15 is 0 Å². The summed E-state index contributed by atoms with van der Waals surface area (Å²) in [6.45, 7) is 3.14. The van der Waals surface area contributed by atoms with E-state index < -0.39 is 58.4 Å². The van der Waals surface area contributed by atoms with Crippen LogP contribution in [0.3, 0.4) is 0 Å². The van der Waals surface area contributed by atoms with Gasteiger partial charge in [-0.15, -0.1) is 0 Å². The number of imide groups is 1. The molecular weight excluding hydrogens is 367 g/mol. The number of halogens is 3. The zero-order valence-corrected chi connectivity index (χ0v) is 14.2. The predicted octanol–water partition coefficient (Wildman–Crippen LogP) is 1.39. The number of carbonyl (C=O) groups is 2. The molecule has 10 heteroatoms. The van der Waals surface area contributed by atoms with E-state index in [1.165, 1.54) is 13.0 Å². The van der Waals surface area contributed by atoms with Crippen LogP contribution < -0.4 is 4.90 Å². The van der Waals surface area contributed by atoms with Gasteiger partial charge in [-0.25, -0.2) is 9.88 Å². The van der Waals surface area contributed by atoms with Crippen LogP contribution in [0.1, 0.15) is 31.5 Å². The van der Waals surface area contributed by atoms with Crippen LogP contribution in [0.4, 0.5) is 18.9 Å². The Hall–Kier alpha value is -2.51. The van der Waals surface area contributed by atoms with Crippen LogP contribution in [0.5, 0.6) is 0 Å². The number of nitriles is 1.